The molecule has 0 spiro atoms. The molecule has 0 radical (unpaired) electrons. The number of rotatable bonds is 7. The fourth-order valence-corrected chi connectivity index (χ4v) is 2.10. The third kappa shape index (κ3) is 6.95. The van der Waals surface area contributed by atoms with E-state index >= 15 is 0 Å². The van der Waals surface area contributed by atoms with E-state index in [1.807, 2.05) is 18.2 Å². The zero-order valence-corrected chi connectivity index (χ0v) is 13.6. The number of carbonyl (C=O) groups excluding carboxylic acids is 1. The van der Waals surface area contributed by atoms with Crippen molar-refractivity contribution in [3.63, 3.8) is 0 Å². The van der Waals surface area contributed by atoms with Gasteiger partial charge in [0.2, 0.25) is 5.91 Å². The Balaban J connectivity index is 2.23. The van der Waals surface area contributed by atoms with Gasteiger partial charge in [-0.05, 0) is 29.7 Å². The van der Waals surface area contributed by atoms with Gasteiger partial charge in [-0.1, -0.05) is 41.4 Å². The van der Waals surface area contributed by atoms with Crippen LogP contribution in [0.15, 0.2) is 22.7 Å². The fraction of sp³-hybridized carbons (Fsp3) is 0.500. The summed E-state index contributed by atoms with van der Waals surface area (Å²) in [5, 5.41) is 6.85. The maximum absolute atomic E-state index is 11.5. The highest BCUT2D eigenvalue weighted by molar-refractivity contribution is 9.10. The highest BCUT2D eigenvalue weighted by atomic mass is 79.9. The molecular weight excluding hydrogens is 328 g/mol. The molecule has 0 saturated carbocycles. The summed E-state index contributed by atoms with van der Waals surface area (Å²) in [6.07, 6.45) is 0.484. The Morgan fingerprint density at radius 2 is 2.16 bits per heavy atom. The summed E-state index contributed by atoms with van der Waals surface area (Å²) in [6, 6.07) is 5.75. The average Bonchev–Trinajstić information content (AvgIpc) is 2.36. The SMILES string of the molecule is CC(C)CNC(=O)CCNCc1cc(Br)ccc1Cl. The molecule has 1 aromatic rings. The molecule has 5 heteroatoms. The van der Waals surface area contributed by atoms with Gasteiger partial charge in [0.1, 0.15) is 0 Å². The van der Waals surface area contributed by atoms with Crippen molar-refractivity contribution in [2.75, 3.05) is 13.1 Å². The molecular formula is C14H20BrClN2O. The van der Waals surface area contributed by atoms with Crippen LogP contribution >= 0.6 is 27.5 Å². The van der Waals surface area contributed by atoms with Crippen LogP contribution in [0.2, 0.25) is 5.02 Å². The molecule has 19 heavy (non-hydrogen) atoms. The molecule has 0 aliphatic carbocycles. The summed E-state index contributed by atoms with van der Waals surface area (Å²) in [5.74, 6) is 0.568. The van der Waals surface area contributed by atoms with Crippen molar-refractivity contribution in [1.82, 2.24) is 10.6 Å². The minimum atomic E-state index is 0.0848. The van der Waals surface area contributed by atoms with Gasteiger partial charge in [0, 0.05) is 35.6 Å². The van der Waals surface area contributed by atoms with Crippen LogP contribution in [0.1, 0.15) is 25.8 Å². The smallest absolute Gasteiger partial charge is 0.221 e. The monoisotopic (exact) mass is 346 g/mol. The summed E-state index contributed by atoms with van der Waals surface area (Å²) in [5.41, 5.74) is 1.03. The number of benzene rings is 1. The molecule has 0 fully saturated rings. The standard InChI is InChI=1S/C14H20BrClN2O/c1-10(2)8-18-14(19)5-6-17-9-11-7-12(15)3-4-13(11)16/h3-4,7,10,17H,5-6,8-9H2,1-2H3,(H,18,19). The Hall–Kier alpha value is -0.580. The molecule has 1 rings (SSSR count). The van der Waals surface area contributed by atoms with Crippen molar-refractivity contribution >= 4 is 33.4 Å². The molecule has 0 aliphatic heterocycles. The van der Waals surface area contributed by atoms with Crippen LogP contribution in [0.4, 0.5) is 0 Å². The van der Waals surface area contributed by atoms with E-state index in [0.717, 1.165) is 21.6 Å². The molecule has 0 aromatic heterocycles. The molecule has 0 unspecified atom stereocenters. The van der Waals surface area contributed by atoms with Gasteiger partial charge >= 0.3 is 0 Å². The second-order valence-corrected chi connectivity index (χ2v) is 6.18. The van der Waals surface area contributed by atoms with E-state index in [-0.39, 0.29) is 5.91 Å². The number of hydrogen-bond donors (Lipinski definition) is 2. The van der Waals surface area contributed by atoms with Crippen LogP contribution in [0.25, 0.3) is 0 Å². The molecule has 3 nitrogen and oxygen atoms in total. The van der Waals surface area contributed by atoms with Crippen LogP contribution in [-0.2, 0) is 11.3 Å². The molecule has 1 amide bonds. The van der Waals surface area contributed by atoms with E-state index in [1.54, 1.807) is 0 Å². The largest absolute Gasteiger partial charge is 0.356 e. The van der Waals surface area contributed by atoms with Gasteiger partial charge in [-0.25, -0.2) is 0 Å². The summed E-state index contributed by atoms with van der Waals surface area (Å²) >= 11 is 9.49. The van der Waals surface area contributed by atoms with Gasteiger partial charge in [0.05, 0.1) is 0 Å². The van der Waals surface area contributed by atoms with E-state index < -0.39 is 0 Å². The Labute approximate surface area is 128 Å². The highest BCUT2D eigenvalue weighted by Gasteiger charge is 2.03. The van der Waals surface area contributed by atoms with Crippen LogP contribution in [0.3, 0.4) is 0 Å². The summed E-state index contributed by atoms with van der Waals surface area (Å²) in [7, 11) is 0. The van der Waals surface area contributed by atoms with Crippen molar-refractivity contribution in [2.24, 2.45) is 5.92 Å². The second kappa shape index (κ2) is 8.56. The average molecular weight is 348 g/mol. The number of halogens is 2. The molecule has 0 aliphatic rings. The van der Waals surface area contributed by atoms with Gasteiger partial charge in [-0.2, -0.15) is 0 Å². The Morgan fingerprint density at radius 3 is 2.84 bits per heavy atom. The maximum atomic E-state index is 11.5. The minimum Gasteiger partial charge on any atom is -0.356 e. The third-order valence-corrected chi connectivity index (χ3v) is 3.42. The van der Waals surface area contributed by atoms with Crippen molar-refractivity contribution in [1.29, 1.82) is 0 Å². The predicted octanol–water partition coefficient (Wildman–Crippen LogP) is 3.35. The van der Waals surface area contributed by atoms with E-state index in [0.29, 0.717) is 25.4 Å². The van der Waals surface area contributed by atoms with E-state index in [1.165, 1.54) is 0 Å². The summed E-state index contributed by atoms with van der Waals surface area (Å²) < 4.78 is 1.00. The van der Waals surface area contributed by atoms with Gasteiger partial charge in [-0.3, -0.25) is 4.79 Å². The second-order valence-electron chi connectivity index (χ2n) is 4.86. The Morgan fingerprint density at radius 1 is 1.42 bits per heavy atom. The Bertz CT molecular complexity index is 424. The number of nitrogens with one attached hydrogen (secondary N) is 2. The highest BCUT2D eigenvalue weighted by Crippen LogP contribution is 2.20. The zero-order valence-electron chi connectivity index (χ0n) is 11.3. The van der Waals surface area contributed by atoms with Crippen LogP contribution in [-0.4, -0.2) is 19.0 Å². The maximum Gasteiger partial charge on any atom is 0.221 e. The van der Waals surface area contributed by atoms with Crippen molar-refractivity contribution in [3.05, 3.63) is 33.3 Å². The molecule has 1 aromatic carbocycles. The number of hydrogen-bond acceptors (Lipinski definition) is 2. The van der Waals surface area contributed by atoms with E-state index in [9.17, 15) is 4.79 Å². The lowest BCUT2D eigenvalue weighted by Gasteiger charge is -2.09. The van der Waals surface area contributed by atoms with Gasteiger partial charge in [0.15, 0.2) is 0 Å². The van der Waals surface area contributed by atoms with Crippen molar-refractivity contribution in [2.45, 2.75) is 26.8 Å². The summed E-state index contributed by atoms with van der Waals surface area (Å²) in [6.45, 7) is 6.19. The van der Waals surface area contributed by atoms with Crippen LogP contribution in [0.5, 0.6) is 0 Å². The van der Waals surface area contributed by atoms with Crippen LogP contribution < -0.4 is 10.6 Å². The Kier molecular flexibility index (Phi) is 7.42. The van der Waals surface area contributed by atoms with Gasteiger partial charge in [0.25, 0.3) is 0 Å². The molecule has 0 heterocycles. The molecule has 0 saturated heterocycles. The number of amides is 1. The van der Waals surface area contributed by atoms with Gasteiger partial charge in [-0.15, -0.1) is 0 Å². The summed E-state index contributed by atoms with van der Waals surface area (Å²) in [4.78, 5) is 11.5. The normalized spacial score (nSPS) is 10.8. The predicted molar refractivity (Wildman–Crippen MR) is 83.3 cm³/mol. The number of carbonyl (C=O) groups is 1. The van der Waals surface area contributed by atoms with Crippen molar-refractivity contribution < 1.29 is 4.79 Å². The van der Waals surface area contributed by atoms with Gasteiger partial charge < -0.3 is 10.6 Å². The lowest BCUT2D eigenvalue weighted by atomic mass is 10.2. The first kappa shape index (κ1) is 16.5. The van der Waals surface area contributed by atoms with E-state index in [4.69, 9.17) is 11.6 Å². The fourth-order valence-electron chi connectivity index (χ4n) is 1.51. The van der Waals surface area contributed by atoms with E-state index in [2.05, 4.69) is 40.4 Å². The molecule has 2 N–H and O–H groups in total. The lowest BCUT2D eigenvalue weighted by molar-refractivity contribution is -0.121. The first-order valence-electron chi connectivity index (χ1n) is 6.40. The minimum absolute atomic E-state index is 0.0848. The zero-order chi connectivity index (χ0) is 14.3. The molecule has 106 valence electrons. The molecule has 0 bridgehead atoms. The topological polar surface area (TPSA) is 41.1 Å². The third-order valence-electron chi connectivity index (χ3n) is 2.56. The van der Waals surface area contributed by atoms with Crippen LogP contribution in [0, 0.1) is 5.92 Å². The quantitative estimate of drug-likeness (QED) is 0.743. The molecule has 0 atom stereocenters. The first-order valence-corrected chi connectivity index (χ1v) is 7.57. The first-order chi connectivity index (χ1) is 8.99. The van der Waals surface area contributed by atoms with Crippen molar-refractivity contribution in [3.8, 4) is 0 Å². The lowest BCUT2D eigenvalue weighted by Crippen LogP contribution is -2.30.